The Bertz CT molecular complexity index is 1230. The molecule has 213 valence electrons. The predicted octanol–water partition coefficient (Wildman–Crippen LogP) is 5.44. The van der Waals surface area contributed by atoms with Crippen molar-refractivity contribution in [2.24, 2.45) is 0 Å². The third-order valence-electron chi connectivity index (χ3n) is 6.26. The van der Waals surface area contributed by atoms with Crippen LogP contribution in [0.4, 0.5) is 0 Å². The lowest BCUT2D eigenvalue weighted by molar-refractivity contribution is -0.123. The number of rotatable bonds is 14. The van der Waals surface area contributed by atoms with Crippen LogP contribution in [0, 0.1) is 0 Å². The average molecular weight is 576 g/mol. The van der Waals surface area contributed by atoms with E-state index in [1.54, 1.807) is 30.3 Å². The zero-order chi connectivity index (χ0) is 28.6. The Morgan fingerprint density at radius 1 is 1.03 bits per heavy atom. The fourth-order valence-corrected chi connectivity index (χ4v) is 7.23. The number of phenols is 1. The van der Waals surface area contributed by atoms with Crippen molar-refractivity contribution in [3.05, 3.63) is 52.5 Å². The van der Waals surface area contributed by atoms with E-state index in [-0.39, 0.29) is 23.6 Å². The molecule has 0 aliphatic carbocycles. The molecule has 2 aromatic carbocycles. The second-order valence-electron chi connectivity index (χ2n) is 10.3. The first kappa shape index (κ1) is 31.0. The van der Waals surface area contributed by atoms with Crippen molar-refractivity contribution in [3.8, 4) is 5.75 Å². The van der Waals surface area contributed by atoms with Gasteiger partial charge in [0.15, 0.2) is 0 Å². The molecule has 0 bridgehead atoms. The third-order valence-corrected chi connectivity index (χ3v) is 9.65. The van der Waals surface area contributed by atoms with Crippen LogP contribution in [0.2, 0.25) is 11.1 Å². The maximum atomic E-state index is 13.6. The van der Waals surface area contributed by atoms with E-state index in [1.807, 2.05) is 47.6 Å². The Morgan fingerprint density at radius 3 is 2.28 bits per heavy atom. The fourth-order valence-electron chi connectivity index (χ4n) is 4.47. The Labute approximate surface area is 237 Å². The molecule has 9 nitrogen and oxygen atoms in total. The van der Waals surface area contributed by atoms with Gasteiger partial charge in [-0.15, -0.1) is 0 Å². The Morgan fingerprint density at radius 2 is 1.67 bits per heavy atom. The molecule has 0 aliphatic heterocycles. The van der Waals surface area contributed by atoms with E-state index in [2.05, 4.69) is 15.5 Å². The van der Waals surface area contributed by atoms with Gasteiger partial charge < -0.3 is 18.4 Å². The highest BCUT2D eigenvalue weighted by molar-refractivity contribution is 6.60. The van der Waals surface area contributed by atoms with E-state index < -0.39 is 14.7 Å². The van der Waals surface area contributed by atoms with Crippen LogP contribution >= 0.6 is 11.6 Å². The van der Waals surface area contributed by atoms with Gasteiger partial charge in [0, 0.05) is 37.4 Å². The first-order chi connectivity index (χ1) is 18.5. The van der Waals surface area contributed by atoms with Crippen LogP contribution < -0.4 is 5.32 Å². The van der Waals surface area contributed by atoms with Crippen LogP contribution in [0.25, 0.3) is 11.0 Å². The molecular weight excluding hydrogens is 536 g/mol. The molecule has 0 saturated heterocycles. The summed E-state index contributed by atoms with van der Waals surface area (Å²) in [7, 11) is -2.81. The van der Waals surface area contributed by atoms with E-state index in [0.717, 1.165) is 11.1 Å². The molecule has 1 aromatic heterocycles. The highest BCUT2D eigenvalue weighted by Gasteiger charge is 2.39. The zero-order valence-electron chi connectivity index (χ0n) is 23.7. The normalized spacial score (nSPS) is 13.1. The van der Waals surface area contributed by atoms with Gasteiger partial charge in [-0.1, -0.05) is 44.5 Å². The highest BCUT2D eigenvalue weighted by atomic mass is 35.5. The van der Waals surface area contributed by atoms with Gasteiger partial charge in [-0.05, 0) is 68.0 Å². The molecule has 0 saturated carbocycles. The Kier molecular flexibility index (Phi) is 10.9. The summed E-state index contributed by atoms with van der Waals surface area (Å²) >= 11 is 6.12. The molecule has 39 heavy (non-hydrogen) atoms. The van der Waals surface area contributed by atoms with E-state index in [4.69, 9.17) is 24.9 Å². The maximum Gasteiger partial charge on any atom is 0.500 e. The van der Waals surface area contributed by atoms with Crippen molar-refractivity contribution in [3.63, 3.8) is 0 Å². The van der Waals surface area contributed by atoms with Gasteiger partial charge in [-0.3, -0.25) is 10.1 Å². The average Bonchev–Trinajstić information content (AvgIpc) is 3.27. The lowest BCUT2D eigenvalue weighted by Gasteiger charge is -2.28. The van der Waals surface area contributed by atoms with Crippen molar-refractivity contribution in [1.29, 1.82) is 0 Å². The quantitative estimate of drug-likeness (QED) is 0.201. The van der Waals surface area contributed by atoms with Crippen molar-refractivity contribution in [2.75, 3.05) is 26.4 Å². The molecule has 3 rings (SSSR count). The van der Waals surface area contributed by atoms with Gasteiger partial charge in [0.1, 0.15) is 16.8 Å². The molecule has 3 aromatic rings. The SMILES string of the molecule is CCO[Si](CCC[N]C(=O)C(Cn1nc2ccc(Cl)cc2n1)c1ccc(O)c(C(C)(C)C)c1)(OCC)OCC. The van der Waals surface area contributed by atoms with Crippen molar-refractivity contribution in [2.45, 2.75) is 71.9 Å². The molecule has 1 radical (unpaired) electrons. The smallest absolute Gasteiger partial charge is 0.500 e. The molecule has 11 heteroatoms. The molecule has 0 fully saturated rings. The van der Waals surface area contributed by atoms with Gasteiger partial charge in [0.25, 0.3) is 5.91 Å². The molecule has 1 atom stereocenters. The summed E-state index contributed by atoms with van der Waals surface area (Å²) in [6.07, 6.45) is 0.593. The number of hydrogen-bond acceptors (Lipinski definition) is 7. The summed E-state index contributed by atoms with van der Waals surface area (Å²) in [4.78, 5) is 15.1. The summed E-state index contributed by atoms with van der Waals surface area (Å²) in [6.45, 7) is 13.8. The van der Waals surface area contributed by atoms with Crippen LogP contribution in [-0.4, -0.2) is 61.2 Å². The standard InChI is InChI=1S/C28H40ClN4O5Si/c1-7-36-39(37-8-2,38-9-3)16-10-15-30-27(35)22(20-11-14-26(34)23(17-20)28(4,5)6)19-33-31-24-13-12-21(29)18-25(24)32-33/h11-14,17-18,22,34H,7-10,15-16,19H2,1-6H3. The predicted molar refractivity (Wildman–Crippen MR) is 154 cm³/mol. The minimum absolute atomic E-state index is 0.191. The zero-order valence-corrected chi connectivity index (χ0v) is 25.5. The maximum absolute atomic E-state index is 13.6. The number of hydrogen-bond donors (Lipinski definition) is 1. The van der Waals surface area contributed by atoms with Crippen LogP contribution in [0.1, 0.15) is 65.0 Å². The largest absolute Gasteiger partial charge is 0.508 e. The summed E-state index contributed by atoms with van der Waals surface area (Å²) in [6, 6.07) is 11.1. The molecule has 0 aliphatic rings. The van der Waals surface area contributed by atoms with Crippen LogP contribution in [-0.2, 0) is 30.0 Å². The molecule has 1 N–H and O–H groups in total. The van der Waals surface area contributed by atoms with Gasteiger partial charge >= 0.3 is 8.80 Å². The molecular formula is C28H40ClN4O5Si. The molecule has 1 heterocycles. The summed E-state index contributed by atoms with van der Waals surface area (Å²) in [5, 5.41) is 24.6. The van der Waals surface area contributed by atoms with E-state index in [9.17, 15) is 9.90 Å². The van der Waals surface area contributed by atoms with Crippen molar-refractivity contribution >= 4 is 37.3 Å². The number of aromatic nitrogens is 3. The number of phenolic OH excluding ortho intramolecular Hbond substituents is 1. The number of fused-ring (bicyclic) bond motifs is 1. The number of amides is 1. The Hall–Kier alpha value is -2.50. The van der Waals surface area contributed by atoms with Crippen LogP contribution in [0.3, 0.4) is 0 Å². The summed E-state index contributed by atoms with van der Waals surface area (Å²) < 4.78 is 17.8. The fraction of sp³-hybridized carbons (Fsp3) is 0.536. The number of carbonyl (C=O) groups is 1. The van der Waals surface area contributed by atoms with E-state index in [0.29, 0.717) is 54.9 Å². The number of carbonyl (C=O) groups excluding carboxylic acids is 1. The number of nitrogens with zero attached hydrogens (tertiary/aromatic N) is 4. The van der Waals surface area contributed by atoms with Gasteiger partial charge in [-0.25, -0.2) is 0 Å². The third kappa shape index (κ3) is 8.25. The van der Waals surface area contributed by atoms with Crippen LogP contribution in [0.15, 0.2) is 36.4 Å². The Balaban J connectivity index is 1.82. The lowest BCUT2D eigenvalue weighted by Crippen LogP contribution is -2.46. The van der Waals surface area contributed by atoms with Gasteiger partial charge in [0.2, 0.25) is 0 Å². The van der Waals surface area contributed by atoms with E-state index in [1.165, 1.54) is 4.80 Å². The summed E-state index contributed by atoms with van der Waals surface area (Å²) in [5.74, 6) is -0.732. The second-order valence-corrected chi connectivity index (χ2v) is 13.4. The second kappa shape index (κ2) is 13.7. The van der Waals surface area contributed by atoms with Crippen molar-refractivity contribution < 1.29 is 23.2 Å². The minimum atomic E-state index is -2.81. The molecule has 0 spiro atoms. The minimum Gasteiger partial charge on any atom is -0.508 e. The van der Waals surface area contributed by atoms with Crippen LogP contribution in [0.5, 0.6) is 5.75 Å². The number of halogens is 1. The first-order valence-corrected chi connectivity index (χ1v) is 15.8. The monoisotopic (exact) mass is 575 g/mol. The topological polar surface area (TPSA) is 110 Å². The molecule has 1 unspecified atom stereocenters. The number of aromatic hydroxyl groups is 1. The van der Waals surface area contributed by atoms with Gasteiger partial charge in [-0.2, -0.15) is 15.0 Å². The van der Waals surface area contributed by atoms with Gasteiger partial charge in [0.05, 0.1) is 12.5 Å². The number of benzene rings is 2. The van der Waals surface area contributed by atoms with E-state index >= 15 is 0 Å². The van der Waals surface area contributed by atoms with Crippen molar-refractivity contribution in [1.82, 2.24) is 20.3 Å². The first-order valence-electron chi connectivity index (χ1n) is 13.5. The molecule has 1 amide bonds. The lowest BCUT2D eigenvalue weighted by atomic mass is 9.83. The highest BCUT2D eigenvalue weighted by Crippen LogP contribution is 2.34. The summed E-state index contributed by atoms with van der Waals surface area (Å²) in [5.41, 5.74) is 2.52.